The minimum atomic E-state index is -0.211. The highest BCUT2D eigenvalue weighted by atomic mass is 35.5. The van der Waals surface area contributed by atoms with Gasteiger partial charge >= 0.3 is 6.03 Å². The molecule has 2 aliphatic carbocycles. The summed E-state index contributed by atoms with van der Waals surface area (Å²) >= 11 is 6.04. The van der Waals surface area contributed by atoms with E-state index < -0.39 is 0 Å². The van der Waals surface area contributed by atoms with Gasteiger partial charge in [0.25, 0.3) is 0 Å². The van der Waals surface area contributed by atoms with Crippen LogP contribution in [-0.4, -0.2) is 16.0 Å². The molecule has 2 aromatic rings. The zero-order valence-corrected chi connectivity index (χ0v) is 14.2. The summed E-state index contributed by atoms with van der Waals surface area (Å²) in [5.41, 5.74) is 4.04. The third-order valence-corrected chi connectivity index (χ3v) is 4.87. The molecule has 1 heterocycles. The summed E-state index contributed by atoms with van der Waals surface area (Å²) in [5, 5.41) is 6.72. The number of aryl methyl sites for hydroxylation is 2. The van der Waals surface area contributed by atoms with E-state index in [1.165, 1.54) is 5.56 Å². The fourth-order valence-electron chi connectivity index (χ4n) is 3.30. The van der Waals surface area contributed by atoms with Crippen LogP contribution in [0.25, 0.3) is 0 Å². The van der Waals surface area contributed by atoms with Crippen molar-refractivity contribution in [2.75, 3.05) is 5.32 Å². The maximum absolute atomic E-state index is 12.4. The molecule has 0 spiro atoms. The molecule has 6 heteroatoms. The van der Waals surface area contributed by atoms with Crippen LogP contribution in [0.15, 0.2) is 24.4 Å². The first-order chi connectivity index (χ1) is 11.6. The summed E-state index contributed by atoms with van der Waals surface area (Å²) in [7, 11) is 0. The predicted molar refractivity (Wildman–Crippen MR) is 93.4 cm³/mol. The monoisotopic (exact) mass is 342 g/mol. The van der Waals surface area contributed by atoms with Crippen LogP contribution in [-0.2, 0) is 6.42 Å². The number of fused-ring (bicyclic) bond motifs is 1. The Morgan fingerprint density at radius 3 is 2.92 bits per heavy atom. The number of carbonyl (C=O) groups is 1. The van der Waals surface area contributed by atoms with Crippen molar-refractivity contribution in [3.05, 3.63) is 52.1 Å². The van der Waals surface area contributed by atoms with Gasteiger partial charge in [0.15, 0.2) is 0 Å². The molecule has 0 radical (unpaired) electrons. The topological polar surface area (TPSA) is 66.9 Å². The maximum atomic E-state index is 12.4. The van der Waals surface area contributed by atoms with E-state index in [1.807, 2.05) is 25.1 Å². The fourth-order valence-corrected chi connectivity index (χ4v) is 3.50. The molecule has 5 nitrogen and oxygen atoms in total. The van der Waals surface area contributed by atoms with Crippen LogP contribution in [0, 0.1) is 6.92 Å². The van der Waals surface area contributed by atoms with Gasteiger partial charge in [0.1, 0.15) is 5.82 Å². The van der Waals surface area contributed by atoms with Crippen LogP contribution < -0.4 is 10.6 Å². The minimum absolute atomic E-state index is 0.0213. The van der Waals surface area contributed by atoms with Crippen LogP contribution in [0.3, 0.4) is 0 Å². The SMILES string of the molecule is Cc1ncc(NC(=O)N[C@@H]2CCc3cc(Cl)ccc32)c(C2CC2)n1. The third kappa shape index (κ3) is 3.08. The Hall–Kier alpha value is -2.14. The van der Waals surface area contributed by atoms with E-state index in [9.17, 15) is 4.79 Å². The Bertz CT molecular complexity index is 804. The molecular weight excluding hydrogens is 324 g/mol. The molecule has 2 N–H and O–H groups in total. The first kappa shape index (κ1) is 15.4. The maximum Gasteiger partial charge on any atom is 0.319 e. The number of urea groups is 1. The van der Waals surface area contributed by atoms with Gasteiger partial charge < -0.3 is 10.6 Å². The van der Waals surface area contributed by atoms with Gasteiger partial charge in [0, 0.05) is 10.9 Å². The molecule has 1 saturated carbocycles. The Morgan fingerprint density at radius 2 is 2.12 bits per heavy atom. The minimum Gasteiger partial charge on any atom is -0.331 e. The van der Waals surface area contributed by atoms with Gasteiger partial charge in [-0.25, -0.2) is 14.8 Å². The standard InChI is InChI=1S/C18H19ClN4O/c1-10-20-9-16(17(21-10)11-2-3-11)23-18(24)22-15-7-4-12-8-13(19)5-6-14(12)15/h5-6,8-9,11,15H,2-4,7H2,1H3,(H2,22,23,24)/t15-/m1/s1. The lowest BCUT2D eigenvalue weighted by Crippen LogP contribution is -2.32. The summed E-state index contributed by atoms with van der Waals surface area (Å²) in [6.07, 6.45) is 5.79. The average Bonchev–Trinajstić information content (AvgIpc) is 3.32. The molecule has 1 atom stereocenters. The Morgan fingerprint density at radius 1 is 1.29 bits per heavy atom. The molecule has 2 aliphatic rings. The number of carbonyl (C=O) groups excluding carboxylic acids is 1. The van der Waals surface area contributed by atoms with Crippen molar-refractivity contribution in [3.8, 4) is 0 Å². The number of hydrogen-bond acceptors (Lipinski definition) is 3. The lowest BCUT2D eigenvalue weighted by molar-refractivity contribution is 0.248. The Balaban J connectivity index is 1.47. The smallest absolute Gasteiger partial charge is 0.319 e. The second-order valence-electron chi connectivity index (χ2n) is 6.52. The fraction of sp³-hybridized carbons (Fsp3) is 0.389. The van der Waals surface area contributed by atoms with Crippen molar-refractivity contribution in [1.29, 1.82) is 0 Å². The van der Waals surface area contributed by atoms with Crippen molar-refractivity contribution in [2.24, 2.45) is 0 Å². The number of aromatic nitrogens is 2. The zero-order chi connectivity index (χ0) is 16.7. The molecule has 0 bridgehead atoms. The van der Waals surface area contributed by atoms with E-state index in [2.05, 4.69) is 20.6 Å². The van der Waals surface area contributed by atoms with Crippen molar-refractivity contribution in [1.82, 2.24) is 15.3 Å². The second-order valence-corrected chi connectivity index (χ2v) is 6.96. The van der Waals surface area contributed by atoms with E-state index in [4.69, 9.17) is 11.6 Å². The highest BCUT2D eigenvalue weighted by Crippen LogP contribution is 2.42. The number of hydrogen-bond donors (Lipinski definition) is 2. The van der Waals surface area contributed by atoms with Crippen LogP contribution in [0.1, 0.15) is 53.9 Å². The summed E-state index contributed by atoms with van der Waals surface area (Å²) in [4.78, 5) is 21.1. The number of halogens is 1. The Kier molecular flexibility index (Phi) is 3.88. The molecule has 0 saturated heterocycles. The first-order valence-corrected chi connectivity index (χ1v) is 8.67. The first-order valence-electron chi connectivity index (χ1n) is 8.29. The van der Waals surface area contributed by atoms with E-state index in [1.54, 1.807) is 6.20 Å². The summed E-state index contributed by atoms with van der Waals surface area (Å²) in [6, 6.07) is 5.66. The van der Waals surface area contributed by atoms with Crippen LogP contribution >= 0.6 is 11.6 Å². The van der Waals surface area contributed by atoms with E-state index >= 15 is 0 Å². The third-order valence-electron chi connectivity index (χ3n) is 4.64. The summed E-state index contributed by atoms with van der Waals surface area (Å²) in [5.74, 6) is 1.20. The summed E-state index contributed by atoms with van der Waals surface area (Å²) < 4.78 is 0. The highest BCUT2D eigenvalue weighted by Gasteiger charge is 2.29. The van der Waals surface area contributed by atoms with Gasteiger partial charge in [0.2, 0.25) is 0 Å². The Labute approximate surface area is 145 Å². The molecule has 0 aliphatic heterocycles. The lowest BCUT2D eigenvalue weighted by atomic mass is 10.1. The second kappa shape index (κ2) is 6.06. The van der Waals surface area contributed by atoms with Gasteiger partial charge in [-0.1, -0.05) is 17.7 Å². The quantitative estimate of drug-likeness (QED) is 0.881. The number of benzene rings is 1. The number of rotatable bonds is 3. The van der Waals surface area contributed by atoms with Gasteiger partial charge in [0.05, 0.1) is 23.6 Å². The molecule has 1 aromatic heterocycles. The van der Waals surface area contributed by atoms with E-state index in [-0.39, 0.29) is 12.1 Å². The molecule has 24 heavy (non-hydrogen) atoms. The number of amides is 2. The van der Waals surface area contributed by atoms with Crippen LogP contribution in [0.4, 0.5) is 10.5 Å². The lowest BCUT2D eigenvalue weighted by Gasteiger charge is -2.16. The zero-order valence-electron chi connectivity index (χ0n) is 13.5. The largest absolute Gasteiger partial charge is 0.331 e. The van der Waals surface area contributed by atoms with Crippen molar-refractivity contribution in [3.63, 3.8) is 0 Å². The van der Waals surface area contributed by atoms with Crippen molar-refractivity contribution >= 4 is 23.3 Å². The molecule has 4 rings (SSSR count). The van der Waals surface area contributed by atoms with Crippen molar-refractivity contribution in [2.45, 2.75) is 44.6 Å². The molecule has 0 unspecified atom stereocenters. The number of anilines is 1. The van der Waals surface area contributed by atoms with Crippen molar-refractivity contribution < 1.29 is 4.79 Å². The molecule has 1 fully saturated rings. The summed E-state index contributed by atoms with van der Waals surface area (Å²) in [6.45, 7) is 1.87. The van der Waals surface area contributed by atoms with Gasteiger partial charge in [-0.05, 0) is 55.9 Å². The predicted octanol–water partition coefficient (Wildman–Crippen LogP) is 4.12. The van der Waals surface area contributed by atoms with Gasteiger partial charge in [-0.2, -0.15) is 0 Å². The molecule has 1 aromatic carbocycles. The van der Waals surface area contributed by atoms with Crippen LogP contribution in [0.2, 0.25) is 5.02 Å². The molecular formula is C18H19ClN4O. The number of nitrogens with one attached hydrogen (secondary N) is 2. The van der Waals surface area contributed by atoms with Gasteiger partial charge in [-0.3, -0.25) is 0 Å². The average molecular weight is 343 g/mol. The molecule has 124 valence electrons. The highest BCUT2D eigenvalue weighted by molar-refractivity contribution is 6.30. The number of nitrogens with zero attached hydrogens (tertiary/aromatic N) is 2. The van der Waals surface area contributed by atoms with Crippen LogP contribution in [0.5, 0.6) is 0 Å². The van der Waals surface area contributed by atoms with E-state index in [0.717, 1.165) is 53.5 Å². The van der Waals surface area contributed by atoms with Gasteiger partial charge in [-0.15, -0.1) is 0 Å². The van der Waals surface area contributed by atoms with E-state index in [0.29, 0.717) is 5.92 Å². The normalized spacial score (nSPS) is 19.0. The molecule has 2 amide bonds.